The van der Waals surface area contributed by atoms with Crippen molar-refractivity contribution in [1.82, 2.24) is 15.1 Å². The van der Waals surface area contributed by atoms with E-state index >= 15 is 0 Å². The lowest BCUT2D eigenvalue weighted by atomic mass is 10.2. The highest BCUT2D eigenvalue weighted by Gasteiger charge is 2.34. The number of likely N-dealkylation sites (tertiary alicyclic amines) is 1. The molecule has 1 aliphatic heterocycles. The molecule has 1 rings (SSSR count). The average molecular weight is 243 g/mol. The number of hydrogen-bond acceptors (Lipinski definition) is 3. The monoisotopic (exact) mass is 243 g/mol. The van der Waals surface area contributed by atoms with Crippen LogP contribution in [-0.2, 0) is 4.79 Å². The highest BCUT2D eigenvalue weighted by molar-refractivity contribution is 5.83. The first-order valence-electron chi connectivity index (χ1n) is 5.86. The summed E-state index contributed by atoms with van der Waals surface area (Å²) >= 11 is 0. The normalized spacial score (nSPS) is 21.6. The lowest BCUT2D eigenvalue weighted by molar-refractivity contribution is -0.141. The Morgan fingerprint density at radius 1 is 1.53 bits per heavy atom. The highest BCUT2D eigenvalue weighted by atomic mass is 16.4. The fraction of sp³-hybridized carbons (Fsp3) is 0.818. The minimum atomic E-state index is -0.919. The van der Waals surface area contributed by atoms with Crippen molar-refractivity contribution in [3.05, 3.63) is 0 Å². The van der Waals surface area contributed by atoms with E-state index < -0.39 is 12.0 Å². The molecule has 0 radical (unpaired) electrons. The Kier molecular flexibility index (Phi) is 4.74. The van der Waals surface area contributed by atoms with E-state index in [4.69, 9.17) is 5.11 Å². The van der Waals surface area contributed by atoms with Gasteiger partial charge in [0.1, 0.15) is 6.04 Å². The summed E-state index contributed by atoms with van der Waals surface area (Å²) in [5.74, 6) is -0.919. The van der Waals surface area contributed by atoms with Gasteiger partial charge in [0.25, 0.3) is 0 Å². The van der Waals surface area contributed by atoms with Crippen LogP contribution in [0, 0.1) is 0 Å². The largest absolute Gasteiger partial charge is 0.480 e. The second kappa shape index (κ2) is 5.86. The molecule has 1 unspecified atom stereocenters. The van der Waals surface area contributed by atoms with Crippen LogP contribution in [0.5, 0.6) is 0 Å². The van der Waals surface area contributed by atoms with Crippen LogP contribution < -0.4 is 5.32 Å². The molecule has 0 spiro atoms. The number of nitrogens with zero attached hydrogens (tertiary/aromatic N) is 2. The number of hydrogen-bond donors (Lipinski definition) is 2. The van der Waals surface area contributed by atoms with Gasteiger partial charge >= 0.3 is 12.0 Å². The summed E-state index contributed by atoms with van der Waals surface area (Å²) < 4.78 is 0. The van der Waals surface area contributed by atoms with Crippen molar-refractivity contribution < 1.29 is 14.7 Å². The van der Waals surface area contributed by atoms with Crippen molar-refractivity contribution >= 4 is 12.0 Å². The van der Waals surface area contributed by atoms with Gasteiger partial charge in [-0.1, -0.05) is 0 Å². The SMILES string of the molecule is CC(CN(C)C)NC(=O)N1CCC[C@H]1C(=O)O. The molecule has 17 heavy (non-hydrogen) atoms. The zero-order valence-corrected chi connectivity index (χ0v) is 10.6. The van der Waals surface area contributed by atoms with Gasteiger partial charge in [-0.25, -0.2) is 9.59 Å². The third kappa shape index (κ3) is 3.89. The summed E-state index contributed by atoms with van der Waals surface area (Å²) in [5.41, 5.74) is 0. The van der Waals surface area contributed by atoms with E-state index in [2.05, 4.69) is 5.32 Å². The lowest BCUT2D eigenvalue weighted by Gasteiger charge is -2.25. The number of amides is 2. The maximum absolute atomic E-state index is 11.9. The number of carbonyl (C=O) groups excluding carboxylic acids is 1. The highest BCUT2D eigenvalue weighted by Crippen LogP contribution is 2.17. The molecule has 0 aliphatic carbocycles. The molecule has 98 valence electrons. The molecule has 1 aliphatic rings. The number of carboxylic acids is 1. The summed E-state index contributed by atoms with van der Waals surface area (Å²) in [7, 11) is 3.86. The first-order valence-corrected chi connectivity index (χ1v) is 5.86. The molecule has 6 heteroatoms. The van der Waals surface area contributed by atoms with Crippen LogP contribution in [0.4, 0.5) is 4.79 Å². The number of carbonyl (C=O) groups is 2. The number of likely N-dealkylation sites (N-methyl/N-ethyl adjacent to an activating group) is 1. The van der Waals surface area contributed by atoms with Crippen molar-refractivity contribution in [2.75, 3.05) is 27.2 Å². The van der Waals surface area contributed by atoms with Crippen molar-refractivity contribution in [2.45, 2.75) is 31.8 Å². The smallest absolute Gasteiger partial charge is 0.326 e. The van der Waals surface area contributed by atoms with Gasteiger partial charge in [-0.15, -0.1) is 0 Å². The third-order valence-corrected chi connectivity index (χ3v) is 2.81. The Bertz CT molecular complexity index is 294. The maximum atomic E-state index is 11.9. The first-order chi connectivity index (χ1) is 7.91. The van der Waals surface area contributed by atoms with Crippen LogP contribution in [0.25, 0.3) is 0 Å². The van der Waals surface area contributed by atoms with E-state index in [-0.39, 0.29) is 12.1 Å². The molecule has 0 bridgehead atoms. The Morgan fingerprint density at radius 2 is 2.18 bits per heavy atom. The quantitative estimate of drug-likeness (QED) is 0.739. The topological polar surface area (TPSA) is 72.9 Å². The number of urea groups is 1. The zero-order valence-electron chi connectivity index (χ0n) is 10.6. The van der Waals surface area contributed by atoms with Gasteiger partial charge in [-0.3, -0.25) is 0 Å². The molecule has 0 aromatic carbocycles. The van der Waals surface area contributed by atoms with Crippen molar-refractivity contribution in [3.63, 3.8) is 0 Å². The van der Waals surface area contributed by atoms with Crippen LogP contribution in [0.2, 0.25) is 0 Å². The standard InChI is InChI=1S/C11H21N3O3/c1-8(7-13(2)3)12-11(17)14-6-4-5-9(14)10(15)16/h8-9H,4-7H2,1-3H3,(H,12,17)(H,15,16)/t8?,9-/m0/s1. The summed E-state index contributed by atoms with van der Waals surface area (Å²) in [6, 6.07) is -0.932. The Hall–Kier alpha value is -1.30. The Morgan fingerprint density at radius 3 is 2.71 bits per heavy atom. The predicted octanol–water partition coefficient (Wildman–Crippen LogP) is 0.195. The fourth-order valence-electron chi connectivity index (χ4n) is 2.15. The van der Waals surface area contributed by atoms with Crippen molar-refractivity contribution in [1.29, 1.82) is 0 Å². The van der Waals surface area contributed by atoms with E-state index in [0.717, 1.165) is 13.0 Å². The first kappa shape index (κ1) is 13.8. The molecule has 2 N–H and O–H groups in total. The van der Waals surface area contributed by atoms with E-state index in [1.807, 2.05) is 25.9 Å². The van der Waals surface area contributed by atoms with E-state index in [1.54, 1.807) is 0 Å². The van der Waals surface area contributed by atoms with Crippen LogP contribution in [-0.4, -0.2) is 66.2 Å². The van der Waals surface area contributed by atoms with Gasteiger partial charge in [0.05, 0.1) is 0 Å². The van der Waals surface area contributed by atoms with Gasteiger partial charge in [0.15, 0.2) is 0 Å². The Labute approximate surface area is 102 Å². The van der Waals surface area contributed by atoms with Crippen molar-refractivity contribution in [3.8, 4) is 0 Å². The number of rotatable bonds is 4. The third-order valence-electron chi connectivity index (χ3n) is 2.81. The summed E-state index contributed by atoms with van der Waals surface area (Å²) in [5, 5.41) is 11.8. The summed E-state index contributed by atoms with van der Waals surface area (Å²) in [6.45, 7) is 3.17. The minimum Gasteiger partial charge on any atom is -0.480 e. The second-order valence-electron chi connectivity index (χ2n) is 4.80. The molecule has 1 heterocycles. The van der Waals surface area contributed by atoms with Crippen LogP contribution in [0.15, 0.2) is 0 Å². The molecule has 2 atom stereocenters. The summed E-state index contributed by atoms with van der Waals surface area (Å²) in [4.78, 5) is 26.2. The van der Waals surface area contributed by atoms with E-state index in [0.29, 0.717) is 13.0 Å². The molecular formula is C11H21N3O3. The number of aliphatic carboxylic acids is 1. The molecule has 1 saturated heterocycles. The van der Waals surface area contributed by atoms with Crippen LogP contribution in [0.1, 0.15) is 19.8 Å². The molecule has 2 amide bonds. The number of nitrogens with one attached hydrogen (secondary N) is 1. The van der Waals surface area contributed by atoms with Crippen LogP contribution >= 0.6 is 0 Å². The molecule has 1 fully saturated rings. The molecule has 0 aromatic rings. The molecule has 0 saturated carbocycles. The second-order valence-corrected chi connectivity index (χ2v) is 4.80. The maximum Gasteiger partial charge on any atom is 0.326 e. The summed E-state index contributed by atoms with van der Waals surface area (Å²) in [6.07, 6.45) is 1.30. The van der Waals surface area contributed by atoms with Crippen LogP contribution in [0.3, 0.4) is 0 Å². The molecular weight excluding hydrogens is 222 g/mol. The minimum absolute atomic E-state index is 0.00699. The van der Waals surface area contributed by atoms with E-state index in [9.17, 15) is 9.59 Å². The average Bonchev–Trinajstić information content (AvgIpc) is 2.63. The van der Waals surface area contributed by atoms with Gasteiger partial charge in [0.2, 0.25) is 0 Å². The molecule has 0 aromatic heterocycles. The zero-order chi connectivity index (χ0) is 13.0. The van der Waals surface area contributed by atoms with Crippen molar-refractivity contribution in [2.24, 2.45) is 0 Å². The lowest BCUT2D eigenvalue weighted by Crippen LogP contribution is -2.50. The van der Waals surface area contributed by atoms with Gasteiger partial charge < -0.3 is 20.2 Å². The number of carboxylic acid groups (broad SMARTS) is 1. The van der Waals surface area contributed by atoms with Gasteiger partial charge in [-0.05, 0) is 33.9 Å². The van der Waals surface area contributed by atoms with Gasteiger partial charge in [-0.2, -0.15) is 0 Å². The molecule has 6 nitrogen and oxygen atoms in total. The predicted molar refractivity (Wildman–Crippen MR) is 63.9 cm³/mol. The Balaban J connectivity index is 2.49. The van der Waals surface area contributed by atoms with E-state index in [1.165, 1.54) is 4.90 Å². The fourth-order valence-corrected chi connectivity index (χ4v) is 2.15. The van der Waals surface area contributed by atoms with Gasteiger partial charge in [0, 0.05) is 19.1 Å².